The summed E-state index contributed by atoms with van der Waals surface area (Å²) in [6.07, 6.45) is 3.09. The molecule has 1 aliphatic heterocycles. The molecule has 0 bridgehead atoms. The van der Waals surface area contributed by atoms with Crippen LogP contribution >= 0.6 is 0 Å². The monoisotopic (exact) mass is 316 g/mol. The Kier molecular flexibility index (Phi) is 4.66. The Morgan fingerprint density at radius 2 is 2.09 bits per heavy atom. The summed E-state index contributed by atoms with van der Waals surface area (Å²) in [7, 11) is 0. The minimum Gasteiger partial charge on any atom is -0.481 e. The Morgan fingerprint density at radius 3 is 2.83 bits per heavy atom. The second-order valence-corrected chi connectivity index (χ2v) is 6.80. The van der Waals surface area contributed by atoms with Crippen LogP contribution in [0, 0.1) is 11.3 Å². The molecule has 2 atom stereocenters. The molecule has 2 aliphatic rings. The summed E-state index contributed by atoms with van der Waals surface area (Å²) in [6.45, 7) is 2.84. The van der Waals surface area contributed by atoms with Gasteiger partial charge in [-0.15, -0.1) is 0 Å². The smallest absolute Gasteiger partial charge is 0.305 e. The first kappa shape index (κ1) is 16.0. The number of carbonyl (C=O) groups is 2. The van der Waals surface area contributed by atoms with Crippen LogP contribution in [0.5, 0.6) is 0 Å². The van der Waals surface area contributed by atoms with Gasteiger partial charge in [-0.1, -0.05) is 36.8 Å². The summed E-state index contributed by atoms with van der Waals surface area (Å²) in [4.78, 5) is 25.7. The third kappa shape index (κ3) is 3.39. The van der Waals surface area contributed by atoms with Gasteiger partial charge in [0.25, 0.3) is 0 Å². The van der Waals surface area contributed by atoms with Gasteiger partial charge in [0.2, 0.25) is 5.91 Å². The standard InChI is InChI=1S/C18H24N2O3/c21-16(22)8-10-19-17(23)18-9-4-7-15(18)12-20(13-18)11-14-5-2-1-3-6-14/h1-3,5-6,15H,4,7-13H2,(H,19,23)(H,21,22)/t15-,18-/m1/s1. The molecule has 1 aliphatic carbocycles. The highest BCUT2D eigenvalue weighted by molar-refractivity contribution is 5.84. The fourth-order valence-electron chi connectivity index (χ4n) is 4.19. The fourth-order valence-corrected chi connectivity index (χ4v) is 4.19. The van der Waals surface area contributed by atoms with E-state index < -0.39 is 5.97 Å². The number of hydrogen-bond acceptors (Lipinski definition) is 3. The van der Waals surface area contributed by atoms with Gasteiger partial charge >= 0.3 is 5.97 Å². The van der Waals surface area contributed by atoms with Crippen LogP contribution in [0.15, 0.2) is 30.3 Å². The summed E-state index contributed by atoms with van der Waals surface area (Å²) >= 11 is 0. The lowest BCUT2D eigenvalue weighted by Gasteiger charge is -2.27. The lowest BCUT2D eigenvalue weighted by molar-refractivity contribution is -0.137. The number of likely N-dealkylation sites (tertiary alicyclic amines) is 1. The topological polar surface area (TPSA) is 69.6 Å². The van der Waals surface area contributed by atoms with E-state index in [2.05, 4.69) is 22.3 Å². The Hall–Kier alpha value is -1.88. The van der Waals surface area contributed by atoms with Crippen molar-refractivity contribution in [3.8, 4) is 0 Å². The van der Waals surface area contributed by atoms with Crippen molar-refractivity contribution in [2.75, 3.05) is 19.6 Å². The summed E-state index contributed by atoms with van der Waals surface area (Å²) in [5.74, 6) is -0.421. The number of carboxylic acid groups (broad SMARTS) is 1. The number of rotatable bonds is 6. The van der Waals surface area contributed by atoms with Crippen LogP contribution < -0.4 is 5.32 Å². The number of nitrogens with one attached hydrogen (secondary N) is 1. The van der Waals surface area contributed by atoms with Crippen LogP contribution in [0.1, 0.15) is 31.2 Å². The highest BCUT2D eigenvalue weighted by atomic mass is 16.4. The highest BCUT2D eigenvalue weighted by Gasteiger charge is 2.54. The van der Waals surface area contributed by atoms with Crippen LogP contribution in [0.4, 0.5) is 0 Å². The van der Waals surface area contributed by atoms with Gasteiger partial charge in [0.1, 0.15) is 0 Å². The SMILES string of the molecule is O=C(O)CCNC(=O)[C@@]12CCC[C@@H]1CN(Cc1ccccc1)C2. The molecule has 1 aromatic carbocycles. The number of hydrogen-bond donors (Lipinski definition) is 2. The average Bonchev–Trinajstić information content (AvgIpc) is 3.05. The molecule has 5 nitrogen and oxygen atoms in total. The number of fused-ring (bicyclic) bond motifs is 1. The lowest BCUT2D eigenvalue weighted by Crippen LogP contribution is -2.44. The summed E-state index contributed by atoms with van der Waals surface area (Å²) in [5, 5.41) is 11.6. The zero-order valence-electron chi connectivity index (χ0n) is 13.3. The van der Waals surface area contributed by atoms with Gasteiger partial charge in [-0.2, -0.15) is 0 Å². The van der Waals surface area contributed by atoms with Crippen LogP contribution in [0.2, 0.25) is 0 Å². The number of nitrogens with zero attached hydrogens (tertiary/aromatic N) is 1. The molecule has 5 heteroatoms. The zero-order valence-corrected chi connectivity index (χ0v) is 13.3. The molecule has 0 radical (unpaired) electrons. The van der Waals surface area contributed by atoms with Gasteiger partial charge in [0.05, 0.1) is 11.8 Å². The predicted molar refractivity (Wildman–Crippen MR) is 86.8 cm³/mol. The van der Waals surface area contributed by atoms with E-state index in [4.69, 9.17) is 5.11 Å². The van der Waals surface area contributed by atoms with Crippen molar-refractivity contribution in [1.29, 1.82) is 0 Å². The highest BCUT2D eigenvalue weighted by Crippen LogP contribution is 2.49. The van der Waals surface area contributed by atoms with Crippen LogP contribution in [-0.4, -0.2) is 41.5 Å². The summed E-state index contributed by atoms with van der Waals surface area (Å²) in [5.41, 5.74) is 0.960. The normalized spacial score (nSPS) is 26.9. The van der Waals surface area contributed by atoms with E-state index in [1.807, 2.05) is 18.2 Å². The minimum atomic E-state index is -0.872. The number of benzene rings is 1. The molecule has 23 heavy (non-hydrogen) atoms. The Morgan fingerprint density at radius 1 is 1.30 bits per heavy atom. The van der Waals surface area contributed by atoms with Crippen molar-refractivity contribution >= 4 is 11.9 Å². The molecule has 1 heterocycles. The fraction of sp³-hybridized carbons (Fsp3) is 0.556. The van der Waals surface area contributed by atoms with Gasteiger partial charge in [-0.3, -0.25) is 14.5 Å². The zero-order chi connectivity index (χ0) is 16.3. The van der Waals surface area contributed by atoms with E-state index in [9.17, 15) is 9.59 Å². The van der Waals surface area contributed by atoms with E-state index in [1.165, 1.54) is 5.56 Å². The third-order valence-electron chi connectivity index (χ3n) is 5.27. The van der Waals surface area contributed by atoms with Gasteiger partial charge < -0.3 is 10.4 Å². The molecule has 2 fully saturated rings. The summed E-state index contributed by atoms with van der Waals surface area (Å²) < 4.78 is 0. The van der Waals surface area contributed by atoms with Crippen molar-refractivity contribution in [3.05, 3.63) is 35.9 Å². The van der Waals surface area contributed by atoms with E-state index in [1.54, 1.807) is 0 Å². The van der Waals surface area contributed by atoms with E-state index >= 15 is 0 Å². The number of carbonyl (C=O) groups excluding carboxylic acids is 1. The molecule has 1 aromatic rings. The van der Waals surface area contributed by atoms with Crippen molar-refractivity contribution in [3.63, 3.8) is 0 Å². The third-order valence-corrected chi connectivity index (χ3v) is 5.27. The number of carboxylic acids is 1. The first-order valence-electron chi connectivity index (χ1n) is 8.36. The average molecular weight is 316 g/mol. The molecule has 0 unspecified atom stereocenters. The molecule has 0 spiro atoms. The Bertz CT molecular complexity index is 575. The number of aliphatic carboxylic acids is 1. The minimum absolute atomic E-state index is 0.0137. The molecular weight excluding hydrogens is 292 g/mol. The number of amides is 1. The van der Waals surface area contributed by atoms with Gasteiger partial charge in [0.15, 0.2) is 0 Å². The maximum absolute atomic E-state index is 12.7. The maximum atomic E-state index is 12.7. The van der Waals surface area contributed by atoms with Crippen molar-refractivity contribution in [2.45, 2.75) is 32.2 Å². The van der Waals surface area contributed by atoms with Gasteiger partial charge in [-0.05, 0) is 24.3 Å². The van der Waals surface area contributed by atoms with Crippen molar-refractivity contribution in [1.82, 2.24) is 10.2 Å². The Labute approximate surface area is 136 Å². The van der Waals surface area contributed by atoms with E-state index in [0.717, 1.165) is 38.9 Å². The maximum Gasteiger partial charge on any atom is 0.305 e. The predicted octanol–water partition coefficient (Wildman–Crippen LogP) is 1.88. The lowest BCUT2D eigenvalue weighted by atomic mass is 9.80. The van der Waals surface area contributed by atoms with Gasteiger partial charge in [0, 0.05) is 26.2 Å². The first-order chi connectivity index (χ1) is 11.1. The molecule has 3 rings (SSSR count). The molecule has 1 saturated carbocycles. The summed E-state index contributed by atoms with van der Waals surface area (Å²) in [6, 6.07) is 10.3. The van der Waals surface area contributed by atoms with E-state index in [-0.39, 0.29) is 24.3 Å². The van der Waals surface area contributed by atoms with Crippen LogP contribution in [0.3, 0.4) is 0 Å². The van der Waals surface area contributed by atoms with Gasteiger partial charge in [-0.25, -0.2) is 0 Å². The largest absolute Gasteiger partial charge is 0.481 e. The van der Waals surface area contributed by atoms with Crippen molar-refractivity contribution < 1.29 is 14.7 Å². The molecular formula is C18H24N2O3. The van der Waals surface area contributed by atoms with Crippen molar-refractivity contribution in [2.24, 2.45) is 11.3 Å². The molecule has 124 valence electrons. The molecule has 0 aromatic heterocycles. The molecule has 1 amide bonds. The van der Waals surface area contributed by atoms with Crippen LogP contribution in [-0.2, 0) is 16.1 Å². The van der Waals surface area contributed by atoms with Crippen LogP contribution in [0.25, 0.3) is 0 Å². The second kappa shape index (κ2) is 6.71. The van der Waals surface area contributed by atoms with E-state index in [0.29, 0.717) is 5.92 Å². The quantitative estimate of drug-likeness (QED) is 0.841. The first-order valence-corrected chi connectivity index (χ1v) is 8.36. The second-order valence-electron chi connectivity index (χ2n) is 6.80. The molecule has 2 N–H and O–H groups in total. The Balaban J connectivity index is 1.63. The molecule has 1 saturated heterocycles.